The lowest BCUT2D eigenvalue weighted by molar-refractivity contribution is -0.117. The van der Waals surface area contributed by atoms with Gasteiger partial charge in [0.05, 0.1) is 30.2 Å². The molecule has 9 nitrogen and oxygen atoms in total. The Labute approximate surface area is 175 Å². The van der Waals surface area contributed by atoms with Crippen molar-refractivity contribution < 1.29 is 23.9 Å². The minimum absolute atomic E-state index is 0.0191. The van der Waals surface area contributed by atoms with Gasteiger partial charge in [0.25, 0.3) is 5.91 Å². The highest BCUT2D eigenvalue weighted by Crippen LogP contribution is 2.18. The Bertz CT molecular complexity index is 1010. The molecule has 0 saturated heterocycles. The minimum atomic E-state index is -0.643. The third-order valence-corrected chi connectivity index (χ3v) is 4.72. The monoisotopic (exact) mass is 426 g/mol. The Kier molecular flexibility index (Phi) is 6.81. The van der Waals surface area contributed by atoms with Crippen LogP contribution in [0.4, 0.5) is 10.8 Å². The van der Waals surface area contributed by atoms with Crippen LogP contribution >= 0.6 is 11.3 Å². The van der Waals surface area contributed by atoms with Crippen molar-refractivity contribution in [2.24, 2.45) is 10.9 Å². The molecule has 1 aromatic heterocycles. The molecule has 1 aromatic carbocycles. The van der Waals surface area contributed by atoms with E-state index in [0.717, 1.165) is 0 Å². The third-order valence-electron chi connectivity index (χ3n) is 3.91. The second kappa shape index (κ2) is 9.70. The van der Waals surface area contributed by atoms with Crippen LogP contribution in [0, 0.1) is 5.92 Å². The normalized spacial score (nSPS) is 15.0. The lowest BCUT2D eigenvalue weighted by atomic mass is 10.1. The van der Waals surface area contributed by atoms with Gasteiger partial charge in [-0.05, 0) is 31.2 Å². The van der Waals surface area contributed by atoms with Gasteiger partial charge in [0.2, 0.25) is 11.8 Å². The van der Waals surface area contributed by atoms with E-state index in [1.165, 1.54) is 29.7 Å². The average molecular weight is 426 g/mol. The van der Waals surface area contributed by atoms with E-state index in [1.54, 1.807) is 36.6 Å². The molecule has 0 radical (unpaired) electrons. The van der Waals surface area contributed by atoms with E-state index in [4.69, 9.17) is 4.74 Å². The fourth-order valence-electron chi connectivity index (χ4n) is 2.50. The molecule has 10 heteroatoms. The Morgan fingerprint density at radius 2 is 1.93 bits per heavy atom. The SMILES string of the molecule is CCOC(=O)c1ccc(NC(=O)Cc2csc(NC(=O)C3C=CC(=O)N=C3)n2)cc1. The number of carbonyl (C=O) groups is 4. The summed E-state index contributed by atoms with van der Waals surface area (Å²) in [6, 6.07) is 6.36. The fraction of sp³-hybridized carbons (Fsp3) is 0.200. The van der Waals surface area contributed by atoms with Crippen LogP contribution in [0.5, 0.6) is 0 Å². The van der Waals surface area contributed by atoms with Crippen LogP contribution in [-0.4, -0.2) is 41.5 Å². The van der Waals surface area contributed by atoms with E-state index in [0.29, 0.717) is 22.1 Å². The number of hydrogen-bond donors (Lipinski definition) is 2. The number of esters is 1. The van der Waals surface area contributed by atoms with Crippen molar-refractivity contribution in [3.8, 4) is 0 Å². The first-order chi connectivity index (χ1) is 14.4. The summed E-state index contributed by atoms with van der Waals surface area (Å²) in [5.74, 6) is -2.13. The molecule has 0 aliphatic carbocycles. The maximum atomic E-state index is 12.2. The first-order valence-electron chi connectivity index (χ1n) is 9.03. The molecule has 2 aromatic rings. The Hall–Kier alpha value is -3.66. The van der Waals surface area contributed by atoms with E-state index in [2.05, 4.69) is 20.6 Å². The maximum Gasteiger partial charge on any atom is 0.338 e. The highest BCUT2D eigenvalue weighted by Gasteiger charge is 2.18. The lowest BCUT2D eigenvalue weighted by Crippen LogP contribution is -2.24. The summed E-state index contributed by atoms with van der Waals surface area (Å²) in [6.45, 7) is 2.02. The lowest BCUT2D eigenvalue weighted by Gasteiger charge is -2.08. The number of benzene rings is 1. The fourth-order valence-corrected chi connectivity index (χ4v) is 3.21. The Morgan fingerprint density at radius 1 is 1.17 bits per heavy atom. The summed E-state index contributed by atoms with van der Waals surface area (Å²) >= 11 is 1.19. The highest BCUT2D eigenvalue weighted by atomic mass is 32.1. The summed E-state index contributed by atoms with van der Waals surface area (Å²) in [5, 5.41) is 7.38. The molecule has 3 rings (SSSR count). The first kappa shape index (κ1) is 21.1. The number of amides is 3. The molecule has 1 aliphatic rings. The van der Waals surface area contributed by atoms with Gasteiger partial charge in [-0.3, -0.25) is 14.4 Å². The van der Waals surface area contributed by atoms with E-state index >= 15 is 0 Å². The predicted molar refractivity (Wildman–Crippen MR) is 112 cm³/mol. The molecule has 3 amide bonds. The summed E-state index contributed by atoms with van der Waals surface area (Å²) in [6.07, 6.45) is 3.99. The van der Waals surface area contributed by atoms with Crippen LogP contribution in [0.2, 0.25) is 0 Å². The highest BCUT2D eigenvalue weighted by molar-refractivity contribution is 7.14. The molecule has 1 atom stereocenters. The van der Waals surface area contributed by atoms with Crippen molar-refractivity contribution in [3.63, 3.8) is 0 Å². The van der Waals surface area contributed by atoms with Crippen molar-refractivity contribution in [1.29, 1.82) is 0 Å². The number of aromatic nitrogens is 1. The Morgan fingerprint density at radius 3 is 2.60 bits per heavy atom. The van der Waals surface area contributed by atoms with Gasteiger partial charge >= 0.3 is 5.97 Å². The zero-order valence-corrected chi connectivity index (χ0v) is 16.8. The molecule has 30 heavy (non-hydrogen) atoms. The number of rotatable bonds is 7. The quantitative estimate of drug-likeness (QED) is 0.654. The molecule has 0 saturated carbocycles. The number of hydrogen-bond acceptors (Lipinski definition) is 7. The molecule has 154 valence electrons. The second-order valence-corrected chi connectivity index (χ2v) is 7.02. The van der Waals surface area contributed by atoms with Gasteiger partial charge in [-0.1, -0.05) is 6.08 Å². The van der Waals surface area contributed by atoms with Crippen molar-refractivity contribution in [3.05, 3.63) is 53.1 Å². The molecule has 0 bridgehead atoms. The first-order valence-corrected chi connectivity index (χ1v) is 9.91. The maximum absolute atomic E-state index is 12.2. The number of carbonyl (C=O) groups excluding carboxylic acids is 4. The third kappa shape index (κ3) is 5.67. The van der Waals surface area contributed by atoms with Gasteiger partial charge in [-0.15, -0.1) is 11.3 Å². The number of aliphatic imine (C=N–C) groups is 1. The van der Waals surface area contributed by atoms with Crippen molar-refractivity contribution in [1.82, 2.24) is 4.98 Å². The largest absolute Gasteiger partial charge is 0.462 e. The van der Waals surface area contributed by atoms with Crippen LogP contribution in [0.15, 0.2) is 46.8 Å². The van der Waals surface area contributed by atoms with Gasteiger partial charge in [-0.25, -0.2) is 14.8 Å². The van der Waals surface area contributed by atoms with Crippen LogP contribution in [0.3, 0.4) is 0 Å². The van der Waals surface area contributed by atoms with E-state index in [-0.39, 0.29) is 24.8 Å². The van der Waals surface area contributed by atoms with Gasteiger partial charge in [0.1, 0.15) is 0 Å². The molecule has 0 spiro atoms. The molecule has 2 N–H and O–H groups in total. The number of thiazole rings is 1. The smallest absolute Gasteiger partial charge is 0.338 e. The zero-order chi connectivity index (χ0) is 21.5. The standard InChI is InChI=1S/C20H18N4O5S/c1-2-29-19(28)12-3-6-14(7-4-12)22-17(26)9-15-11-30-20(23-15)24-18(27)13-5-8-16(25)21-10-13/h3-8,10-11,13H,2,9H2,1H3,(H,22,26)(H,23,24,27). The number of ether oxygens (including phenoxy) is 1. The topological polar surface area (TPSA) is 127 Å². The van der Waals surface area contributed by atoms with Gasteiger partial charge in [0, 0.05) is 23.4 Å². The van der Waals surface area contributed by atoms with Crippen molar-refractivity contribution >= 4 is 52.1 Å². The van der Waals surface area contributed by atoms with Crippen LogP contribution in [0.25, 0.3) is 0 Å². The van der Waals surface area contributed by atoms with Crippen LogP contribution in [0.1, 0.15) is 23.0 Å². The molecule has 1 unspecified atom stereocenters. The van der Waals surface area contributed by atoms with Crippen molar-refractivity contribution in [2.75, 3.05) is 17.2 Å². The minimum Gasteiger partial charge on any atom is -0.462 e. The summed E-state index contributed by atoms with van der Waals surface area (Å²) in [4.78, 5) is 54.8. The van der Waals surface area contributed by atoms with Crippen LogP contribution in [-0.2, 0) is 25.5 Å². The van der Waals surface area contributed by atoms with Gasteiger partial charge < -0.3 is 15.4 Å². The molecule has 0 fully saturated rings. The number of dihydropyridines is 1. The second-order valence-electron chi connectivity index (χ2n) is 6.16. The van der Waals surface area contributed by atoms with Crippen molar-refractivity contribution in [2.45, 2.75) is 13.3 Å². The number of nitrogens with one attached hydrogen (secondary N) is 2. The number of nitrogens with zero attached hydrogens (tertiary/aromatic N) is 2. The van der Waals surface area contributed by atoms with Gasteiger partial charge in [-0.2, -0.15) is 0 Å². The van der Waals surface area contributed by atoms with Crippen LogP contribution < -0.4 is 10.6 Å². The summed E-state index contributed by atoms with van der Waals surface area (Å²) < 4.78 is 4.91. The molecular formula is C20H18N4O5S. The zero-order valence-electron chi connectivity index (χ0n) is 16.0. The molecule has 1 aliphatic heterocycles. The predicted octanol–water partition coefficient (Wildman–Crippen LogP) is 2.22. The average Bonchev–Trinajstić information content (AvgIpc) is 3.15. The molecular weight excluding hydrogens is 408 g/mol. The van der Waals surface area contributed by atoms with E-state index in [1.807, 2.05) is 0 Å². The summed E-state index contributed by atoms with van der Waals surface area (Å²) in [5.41, 5.74) is 1.44. The molecule has 2 heterocycles. The Balaban J connectivity index is 1.51. The summed E-state index contributed by atoms with van der Waals surface area (Å²) in [7, 11) is 0. The van der Waals surface area contributed by atoms with E-state index in [9.17, 15) is 19.2 Å². The number of anilines is 2. The van der Waals surface area contributed by atoms with E-state index < -0.39 is 17.8 Å². The van der Waals surface area contributed by atoms with Gasteiger partial charge in [0.15, 0.2) is 5.13 Å².